The second-order valence-electron chi connectivity index (χ2n) is 11.3. The average molecular weight is 489 g/mol. The lowest BCUT2D eigenvalue weighted by Gasteiger charge is -2.65. The molecule has 2 amide bonds. The lowest BCUT2D eigenvalue weighted by molar-refractivity contribution is -0.147. The molecule has 0 radical (unpaired) electrons. The number of benzene rings is 1. The third-order valence-electron chi connectivity index (χ3n) is 9.31. The van der Waals surface area contributed by atoms with Crippen molar-refractivity contribution in [3.8, 4) is 11.8 Å². The highest BCUT2D eigenvalue weighted by molar-refractivity contribution is 6.01. The van der Waals surface area contributed by atoms with Crippen LogP contribution in [-0.4, -0.2) is 53.2 Å². The van der Waals surface area contributed by atoms with Crippen LogP contribution in [0.2, 0.25) is 0 Å². The molecule has 5 aliphatic rings. The highest BCUT2D eigenvalue weighted by Gasteiger charge is 2.62. The molecule has 1 aromatic heterocycles. The van der Waals surface area contributed by atoms with Crippen LogP contribution in [0.3, 0.4) is 0 Å². The Balaban J connectivity index is 1.23. The van der Waals surface area contributed by atoms with Gasteiger partial charge in [0.25, 0.3) is 5.91 Å². The Morgan fingerprint density at radius 3 is 2.78 bits per heavy atom. The molecule has 4 aliphatic carbocycles. The van der Waals surface area contributed by atoms with E-state index in [9.17, 15) is 19.6 Å². The van der Waals surface area contributed by atoms with Crippen molar-refractivity contribution in [1.29, 1.82) is 5.26 Å². The Bertz CT molecular complexity index is 1260. The molecule has 7 rings (SSSR count). The summed E-state index contributed by atoms with van der Waals surface area (Å²) in [4.78, 5) is 44.3. The second-order valence-corrected chi connectivity index (χ2v) is 11.3. The van der Waals surface area contributed by atoms with Crippen molar-refractivity contribution in [2.24, 2.45) is 23.2 Å². The summed E-state index contributed by atoms with van der Waals surface area (Å²) >= 11 is 0. The third-order valence-corrected chi connectivity index (χ3v) is 9.31. The summed E-state index contributed by atoms with van der Waals surface area (Å²) in [6.45, 7) is 0.550. The van der Waals surface area contributed by atoms with Crippen LogP contribution in [0, 0.1) is 34.5 Å². The van der Waals surface area contributed by atoms with Gasteiger partial charge >= 0.3 is 0 Å². The predicted molar refractivity (Wildman–Crippen MR) is 132 cm³/mol. The van der Waals surface area contributed by atoms with Gasteiger partial charge in [0.15, 0.2) is 0 Å². The number of aromatic nitrogens is 1. The summed E-state index contributed by atoms with van der Waals surface area (Å²) in [5, 5.41) is 13.4. The molecule has 1 aliphatic heterocycles. The minimum atomic E-state index is -0.729. The van der Waals surface area contributed by atoms with Gasteiger partial charge in [-0.05, 0) is 80.4 Å². The number of Topliss-reactive ketones (excluding diaryl/α,β-unsaturated/α-hetero) is 1. The lowest BCUT2D eigenvalue weighted by Crippen LogP contribution is -2.56. The number of hydrogen-bond acceptors (Lipinski definition) is 5. The van der Waals surface area contributed by atoms with E-state index in [1.807, 2.05) is 18.2 Å². The van der Waals surface area contributed by atoms with E-state index in [0.29, 0.717) is 37.3 Å². The van der Waals surface area contributed by atoms with Crippen LogP contribution in [0.4, 0.5) is 0 Å². The summed E-state index contributed by atoms with van der Waals surface area (Å²) in [5.41, 5.74) is 1.51. The quantitative estimate of drug-likeness (QED) is 0.618. The molecule has 2 aromatic rings. The highest BCUT2D eigenvalue weighted by atomic mass is 16.5. The summed E-state index contributed by atoms with van der Waals surface area (Å²) < 4.78 is 5.45. The number of aromatic amines is 1. The van der Waals surface area contributed by atoms with Gasteiger partial charge in [-0.2, -0.15) is 5.26 Å². The Morgan fingerprint density at radius 2 is 2.14 bits per heavy atom. The summed E-state index contributed by atoms with van der Waals surface area (Å²) in [7, 11) is 1.60. The van der Waals surface area contributed by atoms with Gasteiger partial charge in [-0.1, -0.05) is 6.07 Å². The Hall–Kier alpha value is -3.34. The van der Waals surface area contributed by atoms with Crippen LogP contribution in [0.5, 0.6) is 5.75 Å². The van der Waals surface area contributed by atoms with Gasteiger partial charge in [0.05, 0.1) is 13.2 Å². The zero-order valence-corrected chi connectivity index (χ0v) is 20.6. The zero-order valence-electron chi connectivity index (χ0n) is 20.6. The molecule has 1 saturated heterocycles. The molecule has 5 fully saturated rings. The standard InChI is InChI=1S/C28H32N4O4/c1-36-25-7-3-5-21-20(25)10-22(31-21)27(35)32-15-18(28-11-16(12-28)13-28)9-23(32)26(34)30-19(14-29)8-17-4-2-6-24(17)33/h3,5,7,10,16-19,23,31H,2,4,6,8-9,11-13,15H2,1H3,(H,30,34)/t16?,17-,18?,19-,23-,28?/m0/s1. The van der Waals surface area contributed by atoms with Crippen molar-refractivity contribution in [3.63, 3.8) is 0 Å². The first-order chi connectivity index (χ1) is 17.4. The number of hydrogen-bond donors (Lipinski definition) is 2. The summed E-state index contributed by atoms with van der Waals surface area (Å²) in [6.07, 6.45) is 6.73. The number of likely N-dealkylation sites (tertiary alicyclic amines) is 1. The van der Waals surface area contributed by atoms with Crippen LogP contribution in [0.15, 0.2) is 24.3 Å². The van der Waals surface area contributed by atoms with Crippen molar-refractivity contribution in [2.75, 3.05) is 13.7 Å². The number of nitriles is 1. The molecule has 2 N–H and O–H groups in total. The molecule has 2 bridgehead atoms. The number of carbonyl (C=O) groups excluding carboxylic acids is 3. The molecule has 1 aromatic carbocycles. The zero-order chi connectivity index (χ0) is 25.0. The lowest BCUT2D eigenvalue weighted by atomic mass is 9.40. The molecular weight excluding hydrogens is 456 g/mol. The number of nitrogens with zero attached hydrogens (tertiary/aromatic N) is 2. The molecule has 36 heavy (non-hydrogen) atoms. The van der Waals surface area contributed by atoms with Gasteiger partial charge in [0.2, 0.25) is 5.91 Å². The fourth-order valence-corrected chi connectivity index (χ4v) is 7.21. The van der Waals surface area contributed by atoms with E-state index in [4.69, 9.17) is 4.74 Å². The Labute approximate surface area is 210 Å². The summed E-state index contributed by atoms with van der Waals surface area (Å²) in [6, 6.07) is 8.24. The van der Waals surface area contributed by atoms with E-state index in [-0.39, 0.29) is 34.8 Å². The number of nitrogens with one attached hydrogen (secondary N) is 2. The van der Waals surface area contributed by atoms with Crippen LogP contribution in [-0.2, 0) is 9.59 Å². The monoisotopic (exact) mass is 488 g/mol. The van der Waals surface area contributed by atoms with Crippen molar-refractivity contribution >= 4 is 28.5 Å². The number of ketones is 1. The number of carbonyl (C=O) groups is 3. The fourth-order valence-electron chi connectivity index (χ4n) is 7.21. The van der Waals surface area contributed by atoms with E-state index in [1.165, 1.54) is 19.3 Å². The van der Waals surface area contributed by atoms with Crippen LogP contribution >= 0.6 is 0 Å². The van der Waals surface area contributed by atoms with Gasteiger partial charge < -0.3 is 19.9 Å². The molecular formula is C28H32N4O4. The number of amides is 2. The fraction of sp³-hybridized carbons (Fsp3) is 0.571. The smallest absolute Gasteiger partial charge is 0.270 e. The molecule has 1 unspecified atom stereocenters. The molecule has 4 atom stereocenters. The van der Waals surface area contributed by atoms with Crippen LogP contribution in [0.25, 0.3) is 10.9 Å². The van der Waals surface area contributed by atoms with E-state index >= 15 is 0 Å². The van der Waals surface area contributed by atoms with Gasteiger partial charge in [0.1, 0.15) is 29.3 Å². The van der Waals surface area contributed by atoms with Crippen molar-refractivity contribution in [2.45, 2.75) is 63.5 Å². The van der Waals surface area contributed by atoms with E-state index in [2.05, 4.69) is 16.4 Å². The largest absolute Gasteiger partial charge is 0.496 e. The number of methoxy groups -OCH3 is 1. The third kappa shape index (κ3) is 3.68. The first-order valence-electron chi connectivity index (χ1n) is 13.1. The minimum Gasteiger partial charge on any atom is -0.496 e. The number of fused-ring (bicyclic) bond motifs is 1. The molecule has 8 nitrogen and oxygen atoms in total. The first-order valence-corrected chi connectivity index (χ1v) is 13.1. The van der Waals surface area contributed by atoms with Crippen molar-refractivity contribution in [3.05, 3.63) is 30.0 Å². The Kier molecular flexibility index (Phi) is 5.55. The maximum atomic E-state index is 13.8. The van der Waals surface area contributed by atoms with E-state index in [1.54, 1.807) is 18.1 Å². The molecule has 8 heteroatoms. The van der Waals surface area contributed by atoms with Crippen molar-refractivity contribution in [1.82, 2.24) is 15.2 Å². The number of H-pyrrole nitrogens is 1. The molecule has 0 spiro atoms. The topological polar surface area (TPSA) is 115 Å². The number of ether oxygens (including phenoxy) is 1. The average Bonchev–Trinajstić information content (AvgIpc) is 3.54. The molecule has 4 saturated carbocycles. The first kappa shape index (κ1) is 23.1. The van der Waals surface area contributed by atoms with E-state index in [0.717, 1.165) is 29.7 Å². The van der Waals surface area contributed by atoms with Crippen molar-refractivity contribution < 1.29 is 19.1 Å². The SMILES string of the molecule is COc1cccc2[nH]c(C(=O)N3CC(C45CC(C4)C5)C[C@H]3C(=O)N[C@H](C#N)C[C@@H]3CCCC3=O)cc12. The van der Waals surface area contributed by atoms with Crippen LogP contribution < -0.4 is 10.1 Å². The van der Waals surface area contributed by atoms with Gasteiger partial charge in [-0.15, -0.1) is 0 Å². The highest BCUT2D eigenvalue weighted by Crippen LogP contribution is 2.69. The summed E-state index contributed by atoms with van der Waals surface area (Å²) in [5.74, 6) is 1.31. The minimum absolute atomic E-state index is 0.161. The number of rotatable bonds is 7. The van der Waals surface area contributed by atoms with E-state index < -0.39 is 12.1 Å². The maximum absolute atomic E-state index is 13.8. The second kappa shape index (κ2) is 8.65. The van der Waals surface area contributed by atoms with Gasteiger partial charge in [-0.25, -0.2) is 0 Å². The maximum Gasteiger partial charge on any atom is 0.270 e. The van der Waals surface area contributed by atoms with Gasteiger partial charge in [0, 0.05) is 29.8 Å². The molecule has 188 valence electrons. The predicted octanol–water partition coefficient (Wildman–Crippen LogP) is 3.57. The molecule has 2 heterocycles. The van der Waals surface area contributed by atoms with Gasteiger partial charge in [-0.3, -0.25) is 14.4 Å². The van der Waals surface area contributed by atoms with Crippen LogP contribution in [0.1, 0.15) is 61.9 Å². The normalized spacial score (nSPS) is 31.4. The Morgan fingerprint density at radius 1 is 1.33 bits per heavy atom.